The topological polar surface area (TPSA) is 58.2 Å². The first-order valence-corrected chi connectivity index (χ1v) is 13.2. The van der Waals surface area contributed by atoms with Crippen LogP contribution < -0.4 is 10.6 Å². The molecule has 0 aliphatic heterocycles. The smallest absolute Gasteiger partial charge is 0.243 e. The molecule has 0 bridgehead atoms. The summed E-state index contributed by atoms with van der Waals surface area (Å²) in [6.07, 6.45) is 17.8. The van der Waals surface area contributed by atoms with Crippen LogP contribution in [0.2, 0.25) is 0 Å². The predicted molar refractivity (Wildman–Crippen MR) is 136 cm³/mol. The zero-order valence-electron chi connectivity index (χ0n) is 21.7. The van der Waals surface area contributed by atoms with Crippen molar-refractivity contribution in [3.63, 3.8) is 0 Å². The summed E-state index contributed by atoms with van der Waals surface area (Å²) >= 11 is 0. The lowest BCUT2D eigenvalue weighted by Crippen LogP contribution is -2.41. The highest BCUT2D eigenvalue weighted by molar-refractivity contribution is 5.88. The van der Waals surface area contributed by atoms with Gasteiger partial charge in [-0.15, -0.1) is 0 Å². The summed E-state index contributed by atoms with van der Waals surface area (Å²) in [4.78, 5) is 25.5. The normalized spacial score (nSPS) is 23.2. The van der Waals surface area contributed by atoms with Crippen LogP contribution in [-0.2, 0) is 9.59 Å². The highest BCUT2D eigenvalue weighted by Crippen LogP contribution is 2.41. The minimum atomic E-state index is -0.197. The van der Waals surface area contributed by atoms with E-state index in [4.69, 9.17) is 0 Å². The lowest BCUT2D eigenvalue weighted by Gasteiger charge is -2.38. The maximum absolute atomic E-state index is 13.1. The van der Waals surface area contributed by atoms with Crippen LogP contribution in [-0.4, -0.2) is 24.9 Å². The van der Waals surface area contributed by atoms with Gasteiger partial charge in [0.25, 0.3) is 0 Å². The van der Waals surface area contributed by atoms with Gasteiger partial charge in [-0.05, 0) is 48.5 Å². The number of nitrogens with one attached hydrogen (secondary N) is 2. The molecule has 32 heavy (non-hydrogen) atoms. The lowest BCUT2D eigenvalue weighted by molar-refractivity contribution is -0.125. The zero-order chi connectivity index (χ0) is 23.9. The van der Waals surface area contributed by atoms with E-state index in [0.717, 1.165) is 6.42 Å². The van der Waals surface area contributed by atoms with Crippen LogP contribution in [0.1, 0.15) is 92.9 Å². The van der Waals surface area contributed by atoms with Gasteiger partial charge in [0, 0.05) is 13.1 Å². The second-order valence-electron chi connectivity index (χ2n) is 10.4. The second kappa shape index (κ2) is 16.1. The van der Waals surface area contributed by atoms with Crippen LogP contribution in [0.4, 0.5) is 0 Å². The third-order valence-corrected chi connectivity index (χ3v) is 6.45. The highest BCUT2D eigenvalue weighted by Gasteiger charge is 2.37. The number of hydrogen-bond donors (Lipinski definition) is 2. The number of carbonyl (C=O) groups excluding carboxylic acids is 2. The molecular weight excluding hydrogens is 396 g/mol. The summed E-state index contributed by atoms with van der Waals surface area (Å²) < 4.78 is 0. The first-order chi connectivity index (χ1) is 15.3. The first-order valence-electron chi connectivity index (χ1n) is 13.2. The maximum Gasteiger partial charge on any atom is 0.243 e. The van der Waals surface area contributed by atoms with E-state index in [9.17, 15) is 9.59 Å². The van der Waals surface area contributed by atoms with Crippen LogP contribution in [0.25, 0.3) is 0 Å². The van der Waals surface area contributed by atoms with E-state index in [1.807, 2.05) is 6.08 Å². The molecule has 0 saturated carbocycles. The van der Waals surface area contributed by atoms with Crippen molar-refractivity contribution < 1.29 is 9.59 Å². The zero-order valence-corrected chi connectivity index (χ0v) is 21.7. The van der Waals surface area contributed by atoms with Gasteiger partial charge in [0.15, 0.2) is 0 Å². The summed E-state index contributed by atoms with van der Waals surface area (Å²) in [5, 5.41) is 6.12. The minimum absolute atomic E-state index is 0.0515. The van der Waals surface area contributed by atoms with Crippen molar-refractivity contribution in [2.75, 3.05) is 13.1 Å². The molecule has 2 amide bonds. The molecule has 1 rings (SSSR count). The standard InChI is InChI=1S/C28H50N2O2/c1-7-9-11-13-23-15-16-26(28(32)30-20-22(5)6)25(24(23)14-12-10-8-2)17-18-27(31)29-19-21(3)4/h15-18,21-26H,7-14,19-20H2,1-6H3,(H,29,31)(H,30,32). The summed E-state index contributed by atoms with van der Waals surface area (Å²) in [5.74, 6) is 1.66. The lowest BCUT2D eigenvalue weighted by atomic mass is 9.66. The predicted octanol–water partition coefficient (Wildman–Crippen LogP) is 6.28. The third-order valence-electron chi connectivity index (χ3n) is 6.45. The fourth-order valence-electron chi connectivity index (χ4n) is 4.57. The van der Waals surface area contributed by atoms with Crippen molar-refractivity contribution in [1.29, 1.82) is 0 Å². The number of allylic oxidation sites excluding steroid dienone is 2. The average molecular weight is 447 g/mol. The Balaban J connectivity index is 3.10. The maximum atomic E-state index is 13.1. The van der Waals surface area contributed by atoms with Crippen molar-refractivity contribution in [3.05, 3.63) is 24.3 Å². The molecule has 0 aromatic carbocycles. The fraction of sp³-hybridized carbons (Fsp3) is 0.786. The molecule has 4 heteroatoms. The Morgan fingerprint density at radius 3 is 2.03 bits per heavy atom. The Bertz CT molecular complexity index is 594. The van der Waals surface area contributed by atoms with E-state index in [1.165, 1.54) is 44.9 Å². The van der Waals surface area contributed by atoms with Gasteiger partial charge >= 0.3 is 0 Å². The van der Waals surface area contributed by atoms with E-state index >= 15 is 0 Å². The second-order valence-corrected chi connectivity index (χ2v) is 10.4. The molecule has 0 radical (unpaired) electrons. The Kier molecular flexibility index (Phi) is 14.3. The molecule has 184 valence electrons. The third kappa shape index (κ3) is 10.8. The molecule has 1 aliphatic rings. The van der Waals surface area contributed by atoms with Crippen molar-refractivity contribution in [2.45, 2.75) is 92.9 Å². The van der Waals surface area contributed by atoms with E-state index in [-0.39, 0.29) is 23.7 Å². The van der Waals surface area contributed by atoms with E-state index in [0.29, 0.717) is 36.8 Å². The molecule has 4 atom stereocenters. The molecule has 2 N–H and O–H groups in total. The monoisotopic (exact) mass is 446 g/mol. The van der Waals surface area contributed by atoms with Crippen molar-refractivity contribution in [2.24, 2.45) is 35.5 Å². The van der Waals surface area contributed by atoms with Crippen LogP contribution in [0.5, 0.6) is 0 Å². The SMILES string of the molecule is CCCCCC1C=CC(C(=O)NCC(C)C)C(C=CC(=O)NCC(C)C)C1CCCCC. The highest BCUT2D eigenvalue weighted by atomic mass is 16.2. The van der Waals surface area contributed by atoms with Crippen molar-refractivity contribution >= 4 is 11.8 Å². The van der Waals surface area contributed by atoms with E-state index < -0.39 is 0 Å². The molecule has 0 fully saturated rings. The number of rotatable bonds is 15. The summed E-state index contributed by atoms with van der Waals surface area (Å²) in [7, 11) is 0. The van der Waals surface area contributed by atoms with Gasteiger partial charge in [-0.1, -0.05) is 98.3 Å². The van der Waals surface area contributed by atoms with Gasteiger partial charge in [0.2, 0.25) is 11.8 Å². The molecule has 0 spiro atoms. The van der Waals surface area contributed by atoms with Gasteiger partial charge in [-0.2, -0.15) is 0 Å². The molecule has 0 heterocycles. The van der Waals surface area contributed by atoms with Crippen LogP contribution in [0, 0.1) is 35.5 Å². The average Bonchev–Trinajstić information content (AvgIpc) is 2.75. The molecular formula is C28H50N2O2. The van der Waals surface area contributed by atoms with Crippen molar-refractivity contribution in [1.82, 2.24) is 10.6 Å². The first kappa shape index (κ1) is 28.5. The van der Waals surface area contributed by atoms with Gasteiger partial charge in [0.05, 0.1) is 5.92 Å². The Hall–Kier alpha value is -1.58. The van der Waals surface area contributed by atoms with E-state index in [2.05, 4.69) is 64.3 Å². The number of carbonyl (C=O) groups is 2. The van der Waals surface area contributed by atoms with E-state index in [1.54, 1.807) is 6.08 Å². The van der Waals surface area contributed by atoms with Gasteiger partial charge in [-0.3, -0.25) is 9.59 Å². The minimum Gasteiger partial charge on any atom is -0.355 e. The van der Waals surface area contributed by atoms with Crippen LogP contribution in [0.15, 0.2) is 24.3 Å². The number of amides is 2. The van der Waals surface area contributed by atoms with Crippen LogP contribution >= 0.6 is 0 Å². The molecule has 4 unspecified atom stereocenters. The van der Waals surface area contributed by atoms with Gasteiger partial charge in [-0.25, -0.2) is 0 Å². The molecule has 0 aromatic rings. The van der Waals surface area contributed by atoms with Crippen LogP contribution in [0.3, 0.4) is 0 Å². The Morgan fingerprint density at radius 1 is 0.844 bits per heavy atom. The fourth-order valence-corrected chi connectivity index (χ4v) is 4.57. The Morgan fingerprint density at radius 2 is 1.44 bits per heavy atom. The largest absolute Gasteiger partial charge is 0.355 e. The quantitative estimate of drug-likeness (QED) is 0.177. The number of unbranched alkanes of at least 4 members (excludes halogenated alkanes) is 4. The molecule has 0 saturated heterocycles. The molecule has 4 nitrogen and oxygen atoms in total. The van der Waals surface area contributed by atoms with Crippen molar-refractivity contribution in [3.8, 4) is 0 Å². The summed E-state index contributed by atoms with van der Waals surface area (Å²) in [5.41, 5.74) is 0. The molecule has 1 aliphatic carbocycles. The van der Waals surface area contributed by atoms with Gasteiger partial charge < -0.3 is 10.6 Å². The number of hydrogen-bond acceptors (Lipinski definition) is 2. The molecule has 0 aromatic heterocycles. The van der Waals surface area contributed by atoms with Gasteiger partial charge in [0.1, 0.15) is 0 Å². The summed E-state index contributed by atoms with van der Waals surface area (Å²) in [6, 6.07) is 0. The summed E-state index contributed by atoms with van der Waals surface area (Å²) in [6.45, 7) is 14.3. The Labute approximate surface area is 198 Å².